The van der Waals surface area contributed by atoms with E-state index in [4.69, 9.17) is 10.5 Å². The molecule has 0 radical (unpaired) electrons. The molecule has 2 heterocycles. The molecule has 1 aliphatic rings. The highest BCUT2D eigenvalue weighted by Gasteiger charge is 2.28. The van der Waals surface area contributed by atoms with Crippen molar-refractivity contribution in [2.24, 2.45) is 0 Å². The molecule has 0 bridgehead atoms. The molecule has 1 aromatic carbocycles. The number of nitrogen functional groups attached to an aromatic ring is 1. The molecular weight excluding hydrogens is 298 g/mol. The summed E-state index contributed by atoms with van der Waals surface area (Å²) in [6.07, 6.45) is 1.70. The third-order valence-electron chi connectivity index (χ3n) is 3.90. The lowest BCUT2D eigenvalue weighted by molar-refractivity contribution is 0.0857. The molecule has 0 spiro atoms. The van der Waals surface area contributed by atoms with E-state index in [1.807, 2.05) is 35.7 Å². The third-order valence-corrected chi connectivity index (χ3v) is 4.56. The van der Waals surface area contributed by atoms with E-state index in [-0.39, 0.29) is 12.0 Å². The fraction of sp³-hybridized carbons (Fsp3) is 0.375. The summed E-state index contributed by atoms with van der Waals surface area (Å²) in [5.74, 6) is 0.212. The smallest absolute Gasteiger partial charge is 0.410 e. The molecule has 5 nitrogen and oxygen atoms in total. The van der Waals surface area contributed by atoms with Crippen molar-refractivity contribution in [1.82, 2.24) is 9.27 Å². The number of aromatic nitrogens is 1. The molecule has 1 aliphatic heterocycles. The van der Waals surface area contributed by atoms with Gasteiger partial charge in [-0.05, 0) is 29.9 Å². The van der Waals surface area contributed by atoms with Gasteiger partial charge < -0.3 is 15.4 Å². The number of anilines is 1. The number of benzene rings is 1. The average Bonchev–Trinajstić information content (AvgIpc) is 3.00. The second-order valence-corrected chi connectivity index (χ2v) is 6.11. The number of nitrogens with zero attached hydrogens (tertiary/aromatic N) is 2. The van der Waals surface area contributed by atoms with Crippen molar-refractivity contribution in [2.75, 3.05) is 18.8 Å². The van der Waals surface area contributed by atoms with Crippen molar-refractivity contribution in [3.8, 4) is 0 Å². The topological polar surface area (TPSA) is 68.5 Å². The fourth-order valence-corrected chi connectivity index (χ4v) is 3.40. The second-order valence-electron chi connectivity index (χ2n) is 5.48. The molecule has 1 fully saturated rings. The number of piperidine rings is 1. The van der Waals surface area contributed by atoms with Gasteiger partial charge >= 0.3 is 6.09 Å². The predicted octanol–water partition coefficient (Wildman–Crippen LogP) is 3.24. The number of hydrogen-bond acceptors (Lipinski definition) is 5. The van der Waals surface area contributed by atoms with Gasteiger partial charge in [0.1, 0.15) is 6.61 Å². The van der Waals surface area contributed by atoms with Gasteiger partial charge in [0.15, 0.2) is 0 Å². The van der Waals surface area contributed by atoms with Gasteiger partial charge in [-0.3, -0.25) is 0 Å². The molecule has 1 atom stereocenters. The van der Waals surface area contributed by atoms with Crippen LogP contribution < -0.4 is 5.73 Å². The third kappa shape index (κ3) is 3.39. The van der Waals surface area contributed by atoms with Crippen LogP contribution in [0.3, 0.4) is 0 Å². The number of nitrogens with two attached hydrogens (primary N) is 1. The van der Waals surface area contributed by atoms with Crippen LogP contribution in [0.4, 0.5) is 10.5 Å². The molecule has 3 rings (SSSR count). The van der Waals surface area contributed by atoms with Crippen molar-refractivity contribution < 1.29 is 9.53 Å². The number of likely N-dealkylation sites (tertiary alicyclic amines) is 1. The SMILES string of the molecule is Nc1csnc1C1CCCN(C(=O)OCc2ccccc2)C1. The Bertz CT molecular complexity index is 629. The standard InChI is InChI=1S/C16H19N3O2S/c17-14-11-22-18-15(14)13-7-4-8-19(9-13)16(20)21-10-12-5-2-1-3-6-12/h1-3,5-6,11,13H,4,7-10,17H2. The van der Waals surface area contributed by atoms with Crippen molar-refractivity contribution in [2.45, 2.75) is 25.4 Å². The number of ether oxygens (including phenoxy) is 1. The lowest BCUT2D eigenvalue weighted by Crippen LogP contribution is -2.39. The zero-order valence-corrected chi connectivity index (χ0v) is 13.1. The van der Waals surface area contributed by atoms with Gasteiger partial charge in [0.25, 0.3) is 0 Å². The molecule has 1 aromatic heterocycles. The summed E-state index contributed by atoms with van der Waals surface area (Å²) in [7, 11) is 0. The Morgan fingerprint density at radius 1 is 1.41 bits per heavy atom. The first-order chi connectivity index (χ1) is 10.7. The first-order valence-corrected chi connectivity index (χ1v) is 8.23. The van der Waals surface area contributed by atoms with Crippen molar-refractivity contribution >= 4 is 23.3 Å². The molecule has 0 saturated carbocycles. The number of amides is 1. The minimum Gasteiger partial charge on any atom is -0.445 e. The molecular formula is C16H19N3O2S. The first kappa shape index (κ1) is 14.8. The summed E-state index contributed by atoms with van der Waals surface area (Å²) < 4.78 is 9.77. The number of carbonyl (C=O) groups is 1. The highest BCUT2D eigenvalue weighted by molar-refractivity contribution is 7.04. The van der Waals surface area contributed by atoms with Crippen molar-refractivity contribution in [3.05, 3.63) is 47.0 Å². The monoisotopic (exact) mass is 317 g/mol. The summed E-state index contributed by atoms with van der Waals surface area (Å²) in [5.41, 5.74) is 8.59. The van der Waals surface area contributed by atoms with Gasteiger partial charge in [0.05, 0.1) is 11.4 Å². The molecule has 2 N–H and O–H groups in total. The lowest BCUT2D eigenvalue weighted by atomic mass is 9.94. The van der Waals surface area contributed by atoms with Gasteiger partial charge in [0.2, 0.25) is 0 Å². The van der Waals surface area contributed by atoms with Gasteiger partial charge in [-0.1, -0.05) is 30.3 Å². The molecule has 6 heteroatoms. The Kier molecular flexibility index (Phi) is 4.58. The maximum atomic E-state index is 12.2. The summed E-state index contributed by atoms with van der Waals surface area (Å²) in [6.45, 7) is 1.66. The minimum atomic E-state index is -0.262. The summed E-state index contributed by atoms with van der Waals surface area (Å²) in [6, 6.07) is 9.71. The van der Waals surface area contributed by atoms with E-state index in [0.717, 1.165) is 36.3 Å². The van der Waals surface area contributed by atoms with Crippen LogP contribution >= 0.6 is 11.5 Å². The van der Waals surface area contributed by atoms with E-state index in [0.29, 0.717) is 13.2 Å². The maximum Gasteiger partial charge on any atom is 0.410 e. The molecule has 1 amide bonds. The Balaban J connectivity index is 1.57. The maximum absolute atomic E-state index is 12.2. The Morgan fingerprint density at radius 2 is 2.23 bits per heavy atom. The van der Waals surface area contributed by atoms with Crippen LogP contribution in [-0.2, 0) is 11.3 Å². The zero-order valence-electron chi connectivity index (χ0n) is 12.3. The van der Waals surface area contributed by atoms with Crippen LogP contribution in [0.2, 0.25) is 0 Å². The van der Waals surface area contributed by atoms with E-state index in [1.165, 1.54) is 11.5 Å². The number of hydrogen-bond donors (Lipinski definition) is 1. The lowest BCUT2D eigenvalue weighted by Gasteiger charge is -2.31. The normalized spacial score (nSPS) is 18.2. The molecule has 1 unspecified atom stereocenters. The number of carbonyl (C=O) groups excluding carboxylic acids is 1. The Labute approximate surface area is 133 Å². The van der Waals surface area contributed by atoms with Crippen LogP contribution in [0.15, 0.2) is 35.7 Å². The second kappa shape index (κ2) is 6.79. The highest BCUT2D eigenvalue weighted by Crippen LogP contribution is 2.30. The van der Waals surface area contributed by atoms with Gasteiger partial charge in [-0.15, -0.1) is 0 Å². The van der Waals surface area contributed by atoms with Gasteiger partial charge in [-0.25, -0.2) is 4.79 Å². The van der Waals surface area contributed by atoms with E-state index in [9.17, 15) is 4.79 Å². The van der Waals surface area contributed by atoms with Crippen LogP contribution in [-0.4, -0.2) is 28.5 Å². The van der Waals surface area contributed by atoms with E-state index in [2.05, 4.69) is 4.37 Å². The molecule has 0 aliphatic carbocycles. The average molecular weight is 317 g/mol. The van der Waals surface area contributed by atoms with Crippen LogP contribution in [0.25, 0.3) is 0 Å². The quantitative estimate of drug-likeness (QED) is 0.943. The van der Waals surface area contributed by atoms with Crippen LogP contribution in [0.5, 0.6) is 0 Å². The largest absolute Gasteiger partial charge is 0.445 e. The van der Waals surface area contributed by atoms with E-state index >= 15 is 0 Å². The highest BCUT2D eigenvalue weighted by atomic mass is 32.1. The summed E-state index contributed by atoms with van der Waals surface area (Å²) in [4.78, 5) is 14.0. The van der Waals surface area contributed by atoms with Crippen LogP contribution in [0, 0.1) is 0 Å². The zero-order chi connectivity index (χ0) is 15.4. The first-order valence-electron chi connectivity index (χ1n) is 7.39. The van der Waals surface area contributed by atoms with E-state index < -0.39 is 0 Å². The van der Waals surface area contributed by atoms with Crippen LogP contribution in [0.1, 0.15) is 30.0 Å². The molecule has 1 saturated heterocycles. The van der Waals surface area contributed by atoms with Gasteiger partial charge in [-0.2, -0.15) is 4.37 Å². The molecule has 22 heavy (non-hydrogen) atoms. The molecule has 2 aromatic rings. The van der Waals surface area contributed by atoms with Gasteiger partial charge in [0, 0.05) is 24.4 Å². The molecule has 116 valence electrons. The Hall–Kier alpha value is -2.08. The summed E-state index contributed by atoms with van der Waals surface area (Å²) >= 11 is 1.37. The fourth-order valence-electron chi connectivity index (χ4n) is 2.74. The predicted molar refractivity (Wildman–Crippen MR) is 86.7 cm³/mol. The Morgan fingerprint density at radius 3 is 2.95 bits per heavy atom. The minimum absolute atomic E-state index is 0.212. The van der Waals surface area contributed by atoms with E-state index in [1.54, 1.807) is 4.90 Å². The number of rotatable bonds is 3. The summed E-state index contributed by atoms with van der Waals surface area (Å²) in [5, 5.41) is 1.85. The van der Waals surface area contributed by atoms with Crippen molar-refractivity contribution in [1.29, 1.82) is 0 Å². The van der Waals surface area contributed by atoms with Crippen molar-refractivity contribution in [3.63, 3.8) is 0 Å².